The fraction of sp³-hybridized carbons (Fsp3) is 0.632. The fourth-order valence-corrected chi connectivity index (χ4v) is 3.05. The Labute approximate surface area is 150 Å². The fourth-order valence-electron chi connectivity index (χ4n) is 3.05. The van der Waals surface area contributed by atoms with Crippen molar-refractivity contribution < 1.29 is 19.7 Å². The minimum atomic E-state index is -0.848. The Morgan fingerprint density at radius 2 is 1.92 bits per heavy atom. The van der Waals surface area contributed by atoms with Gasteiger partial charge in [0, 0.05) is 26.2 Å². The first-order valence-corrected chi connectivity index (χ1v) is 8.92. The van der Waals surface area contributed by atoms with Crippen molar-refractivity contribution in [3.8, 4) is 0 Å². The number of nitrogens with zero attached hydrogens (tertiary/aromatic N) is 2. The quantitative estimate of drug-likeness (QED) is 0.723. The van der Waals surface area contributed by atoms with E-state index in [2.05, 4.69) is 13.8 Å². The van der Waals surface area contributed by atoms with Crippen LogP contribution in [0.2, 0.25) is 0 Å². The van der Waals surface area contributed by atoms with Crippen molar-refractivity contribution >= 4 is 5.91 Å². The lowest BCUT2D eigenvalue weighted by atomic mass is 10.2. The third-order valence-corrected chi connectivity index (χ3v) is 4.19. The second kappa shape index (κ2) is 9.87. The summed E-state index contributed by atoms with van der Waals surface area (Å²) in [4.78, 5) is 16.3. The zero-order valence-corrected chi connectivity index (χ0v) is 15.2. The van der Waals surface area contributed by atoms with Gasteiger partial charge < -0.3 is 19.8 Å². The Morgan fingerprint density at radius 3 is 2.56 bits per heavy atom. The molecule has 0 spiro atoms. The summed E-state index contributed by atoms with van der Waals surface area (Å²) in [5.74, 6) is 0.429. The molecule has 1 saturated heterocycles. The average molecular weight is 350 g/mol. The summed E-state index contributed by atoms with van der Waals surface area (Å²) in [7, 11) is 0. The Bertz CT molecular complexity index is 523. The van der Waals surface area contributed by atoms with Crippen LogP contribution in [0.1, 0.15) is 19.4 Å². The van der Waals surface area contributed by atoms with Crippen LogP contribution in [0.4, 0.5) is 0 Å². The van der Waals surface area contributed by atoms with E-state index >= 15 is 0 Å². The van der Waals surface area contributed by atoms with Crippen LogP contribution in [0.3, 0.4) is 0 Å². The van der Waals surface area contributed by atoms with E-state index in [4.69, 9.17) is 9.84 Å². The van der Waals surface area contributed by atoms with E-state index in [1.54, 1.807) is 0 Å². The van der Waals surface area contributed by atoms with E-state index in [1.807, 2.05) is 40.1 Å². The predicted molar refractivity (Wildman–Crippen MR) is 96.0 cm³/mol. The molecule has 0 saturated carbocycles. The first-order chi connectivity index (χ1) is 12.0. The van der Waals surface area contributed by atoms with Crippen LogP contribution in [0, 0.1) is 5.92 Å². The van der Waals surface area contributed by atoms with E-state index in [9.17, 15) is 9.90 Å². The number of rotatable bonds is 8. The third-order valence-electron chi connectivity index (χ3n) is 4.19. The highest BCUT2D eigenvalue weighted by Crippen LogP contribution is 2.13. The Kier molecular flexibility index (Phi) is 7.84. The number of aliphatic hydroxyl groups excluding tert-OH is 2. The standard InChI is InChI=1S/C19H30N2O4/c1-15(2)8-21-11-18(25-14-16-6-4-3-5-7-16)10-20(12-19(21)24)9-17(23)13-22/h3-7,15,17-18,22-23H,8-14H2,1-2H3. The molecule has 2 atom stereocenters. The first kappa shape index (κ1) is 19.8. The number of benzene rings is 1. The van der Waals surface area contributed by atoms with Gasteiger partial charge in [0.25, 0.3) is 0 Å². The molecule has 1 heterocycles. The van der Waals surface area contributed by atoms with Crippen molar-refractivity contribution in [2.45, 2.75) is 32.7 Å². The van der Waals surface area contributed by atoms with Gasteiger partial charge in [-0.1, -0.05) is 44.2 Å². The van der Waals surface area contributed by atoms with Crippen LogP contribution in [0.5, 0.6) is 0 Å². The molecule has 2 N–H and O–H groups in total. The molecule has 6 nitrogen and oxygen atoms in total. The minimum Gasteiger partial charge on any atom is -0.394 e. The van der Waals surface area contributed by atoms with Crippen molar-refractivity contribution in [1.82, 2.24) is 9.80 Å². The van der Waals surface area contributed by atoms with Gasteiger partial charge in [0.2, 0.25) is 5.91 Å². The molecule has 25 heavy (non-hydrogen) atoms. The summed E-state index contributed by atoms with van der Waals surface area (Å²) in [6.07, 6.45) is -0.976. The molecular formula is C19H30N2O4. The zero-order valence-electron chi connectivity index (χ0n) is 15.2. The molecule has 0 aliphatic carbocycles. The molecule has 0 radical (unpaired) electrons. The van der Waals surface area contributed by atoms with Crippen LogP contribution in [-0.4, -0.2) is 77.5 Å². The summed E-state index contributed by atoms with van der Waals surface area (Å²) in [6, 6.07) is 9.95. The lowest BCUT2D eigenvalue weighted by Gasteiger charge is -2.26. The summed E-state index contributed by atoms with van der Waals surface area (Å²) in [5.41, 5.74) is 1.09. The molecule has 1 aliphatic rings. The number of carbonyl (C=O) groups excluding carboxylic acids is 1. The van der Waals surface area contributed by atoms with Crippen LogP contribution in [0.15, 0.2) is 30.3 Å². The van der Waals surface area contributed by atoms with Gasteiger partial charge in [-0.15, -0.1) is 0 Å². The molecule has 2 rings (SSSR count). The summed E-state index contributed by atoms with van der Waals surface area (Å²) < 4.78 is 6.07. The smallest absolute Gasteiger partial charge is 0.236 e. The molecule has 0 bridgehead atoms. The second-order valence-electron chi connectivity index (χ2n) is 7.14. The summed E-state index contributed by atoms with van der Waals surface area (Å²) in [6.45, 7) is 6.68. The van der Waals surface area contributed by atoms with Gasteiger partial charge in [0.15, 0.2) is 0 Å². The Balaban J connectivity index is 2.03. The number of hydrogen-bond acceptors (Lipinski definition) is 5. The van der Waals surface area contributed by atoms with Gasteiger partial charge in [0.1, 0.15) is 0 Å². The van der Waals surface area contributed by atoms with Gasteiger partial charge >= 0.3 is 0 Å². The lowest BCUT2D eigenvalue weighted by Crippen LogP contribution is -2.41. The van der Waals surface area contributed by atoms with E-state index in [0.717, 1.165) is 5.56 Å². The van der Waals surface area contributed by atoms with Crippen molar-refractivity contribution in [1.29, 1.82) is 0 Å². The largest absolute Gasteiger partial charge is 0.394 e. The average Bonchev–Trinajstić information content (AvgIpc) is 2.72. The molecule has 1 aliphatic heterocycles. The monoisotopic (exact) mass is 350 g/mol. The van der Waals surface area contributed by atoms with Crippen molar-refractivity contribution in [2.75, 3.05) is 39.3 Å². The molecular weight excluding hydrogens is 320 g/mol. The normalized spacial score (nSPS) is 20.8. The van der Waals surface area contributed by atoms with Gasteiger partial charge in [-0.25, -0.2) is 0 Å². The molecule has 1 fully saturated rings. The molecule has 0 aromatic heterocycles. The topological polar surface area (TPSA) is 73.2 Å². The maximum atomic E-state index is 12.5. The van der Waals surface area contributed by atoms with Gasteiger partial charge in [-0.3, -0.25) is 9.69 Å². The number of amides is 1. The Hall–Kier alpha value is -1.47. The first-order valence-electron chi connectivity index (χ1n) is 8.92. The third kappa shape index (κ3) is 6.74. The molecule has 6 heteroatoms. The van der Waals surface area contributed by atoms with E-state index in [0.29, 0.717) is 32.2 Å². The van der Waals surface area contributed by atoms with Gasteiger partial charge in [-0.2, -0.15) is 0 Å². The summed E-state index contributed by atoms with van der Waals surface area (Å²) >= 11 is 0. The summed E-state index contributed by atoms with van der Waals surface area (Å²) in [5, 5.41) is 18.8. The molecule has 1 aromatic carbocycles. The number of β-amino-alcohol motifs (C(OH)–C–C–N with tert-alkyl or cyclic N) is 1. The number of carbonyl (C=O) groups is 1. The maximum absolute atomic E-state index is 12.5. The maximum Gasteiger partial charge on any atom is 0.236 e. The predicted octanol–water partition coefficient (Wildman–Crippen LogP) is 0.725. The second-order valence-corrected chi connectivity index (χ2v) is 7.14. The molecule has 2 unspecified atom stereocenters. The molecule has 1 amide bonds. The van der Waals surface area contributed by atoms with E-state index in [-0.39, 0.29) is 31.7 Å². The zero-order chi connectivity index (χ0) is 18.2. The van der Waals surface area contributed by atoms with E-state index < -0.39 is 6.10 Å². The lowest BCUT2D eigenvalue weighted by molar-refractivity contribution is -0.132. The van der Waals surface area contributed by atoms with Gasteiger partial charge in [-0.05, 0) is 11.5 Å². The van der Waals surface area contributed by atoms with Gasteiger partial charge in [0.05, 0.1) is 32.0 Å². The van der Waals surface area contributed by atoms with E-state index in [1.165, 1.54) is 0 Å². The van der Waals surface area contributed by atoms with Crippen LogP contribution in [0.25, 0.3) is 0 Å². The van der Waals surface area contributed by atoms with Crippen LogP contribution < -0.4 is 0 Å². The Morgan fingerprint density at radius 1 is 1.20 bits per heavy atom. The van der Waals surface area contributed by atoms with Crippen molar-refractivity contribution in [3.63, 3.8) is 0 Å². The van der Waals surface area contributed by atoms with Crippen LogP contribution >= 0.6 is 0 Å². The highest BCUT2D eigenvalue weighted by Gasteiger charge is 2.29. The molecule has 1 aromatic rings. The highest BCUT2D eigenvalue weighted by atomic mass is 16.5. The molecule has 140 valence electrons. The highest BCUT2D eigenvalue weighted by molar-refractivity contribution is 5.78. The number of ether oxygens (including phenoxy) is 1. The SMILES string of the molecule is CC(C)CN1CC(OCc2ccccc2)CN(CC(O)CO)CC1=O. The minimum absolute atomic E-state index is 0.0460. The number of hydrogen-bond donors (Lipinski definition) is 2. The number of aliphatic hydroxyl groups is 2. The van der Waals surface area contributed by atoms with Crippen molar-refractivity contribution in [3.05, 3.63) is 35.9 Å². The van der Waals surface area contributed by atoms with Crippen LogP contribution in [-0.2, 0) is 16.1 Å². The van der Waals surface area contributed by atoms with Crippen molar-refractivity contribution in [2.24, 2.45) is 5.92 Å².